The van der Waals surface area contributed by atoms with Crippen molar-refractivity contribution in [2.45, 2.75) is 38.6 Å². The Labute approximate surface area is 126 Å². The minimum absolute atomic E-state index is 0.0425. The molecule has 2 rings (SSSR count). The van der Waals surface area contributed by atoms with E-state index >= 15 is 0 Å². The number of nitrogens with two attached hydrogens (primary N) is 1. The molecule has 1 aromatic carbocycles. The summed E-state index contributed by atoms with van der Waals surface area (Å²) in [7, 11) is 1.89. The van der Waals surface area contributed by atoms with Gasteiger partial charge in [0.1, 0.15) is 0 Å². The normalized spacial score (nSPS) is 22.6. The number of hydrogen-bond acceptors (Lipinski definition) is 2. The number of benzene rings is 1. The highest BCUT2D eigenvalue weighted by Crippen LogP contribution is 2.28. The van der Waals surface area contributed by atoms with Crippen molar-refractivity contribution in [1.29, 1.82) is 0 Å². The van der Waals surface area contributed by atoms with Crippen LogP contribution in [0.15, 0.2) is 18.2 Å². The van der Waals surface area contributed by atoms with Gasteiger partial charge in [-0.05, 0) is 56.0 Å². The van der Waals surface area contributed by atoms with Crippen molar-refractivity contribution in [3.8, 4) is 0 Å². The maximum absolute atomic E-state index is 12.6. The molecule has 0 aliphatic heterocycles. The van der Waals surface area contributed by atoms with Crippen LogP contribution in [-0.2, 0) is 0 Å². The van der Waals surface area contributed by atoms with Crippen molar-refractivity contribution in [2.75, 3.05) is 13.6 Å². The van der Waals surface area contributed by atoms with E-state index < -0.39 is 0 Å². The number of amides is 1. The second kappa shape index (κ2) is 6.59. The largest absolute Gasteiger partial charge is 0.338 e. The Morgan fingerprint density at radius 2 is 2.05 bits per heavy atom. The molecule has 1 saturated carbocycles. The second-order valence-electron chi connectivity index (χ2n) is 5.78. The molecule has 1 aliphatic rings. The maximum atomic E-state index is 12.6. The Bertz CT molecular complexity index is 469. The van der Waals surface area contributed by atoms with Crippen molar-refractivity contribution >= 4 is 17.5 Å². The van der Waals surface area contributed by atoms with Crippen LogP contribution in [0, 0.1) is 12.8 Å². The Morgan fingerprint density at radius 1 is 1.35 bits per heavy atom. The molecule has 3 nitrogen and oxygen atoms in total. The van der Waals surface area contributed by atoms with E-state index in [4.69, 9.17) is 17.3 Å². The molecule has 0 heterocycles. The lowest BCUT2D eigenvalue weighted by atomic mass is 9.83. The van der Waals surface area contributed by atoms with Gasteiger partial charge < -0.3 is 10.6 Å². The van der Waals surface area contributed by atoms with Crippen LogP contribution in [0.2, 0.25) is 5.02 Å². The van der Waals surface area contributed by atoms with Crippen molar-refractivity contribution in [3.05, 3.63) is 34.3 Å². The summed E-state index contributed by atoms with van der Waals surface area (Å²) in [6, 6.07) is 5.75. The number of halogens is 1. The molecule has 1 aromatic rings. The smallest absolute Gasteiger partial charge is 0.253 e. The van der Waals surface area contributed by atoms with E-state index in [-0.39, 0.29) is 11.9 Å². The first-order chi connectivity index (χ1) is 9.52. The molecule has 4 heteroatoms. The Balaban J connectivity index is 2.18. The number of rotatable bonds is 3. The molecule has 110 valence electrons. The quantitative estimate of drug-likeness (QED) is 0.930. The van der Waals surface area contributed by atoms with E-state index in [0.717, 1.165) is 18.4 Å². The van der Waals surface area contributed by atoms with E-state index in [0.29, 0.717) is 23.0 Å². The third-order valence-electron chi connectivity index (χ3n) is 4.28. The molecule has 1 amide bonds. The molecule has 1 aliphatic carbocycles. The van der Waals surface area contributed by atoms with Crippen LogP contribution in [0.5, 0.6) is 0 Å². The van der Waals surface area contributed by atoms with E-state index in [2.05, 4.69) is 0 Å². The summed E-state index contributed by atoms with van der Waals surface area (Å²) in [5.41, 5.74) is 7.53. The van der Waals surface area contributed by atoms with Gasteiger partial charge >= 0.3 is 0 Å². The predicted octanol–water partition coefficient (Wildman–Crippen LogP) is 3.24. The van der Waals surface area contributed by atoms with Crippen LogP contribution in [0.1, 0.15) is 41.6 Å². The molecular formula is C16H23ClN2O. The van der Waals surface area contributed by atoms with Gasteiger partial charge in [0.15, 0.2) is 0 Å². The van der Waals surface area contributed by atoms with Gasteiger partial charge in [-0.1, -0.05) is 24.4 Å². The molecular weight excluding hydrogens is 272 g/mol. The molecule has 0 saturated heterocycles. The SMILES string of the molecule is Cc1cc(Cl)cc(C(=O)N(C)C2CCCCC2CN)c1. The van der Waals surface area contributed by atoms with Crippen molar-refractivity contribution in [2.24, 2.45) is 11.7 Å². The van der Waals surface area contributed by atoms with Crippen LogP contribution in [0.25, 0.3) is 0 Å². The summed E-state index contributed by atoms with van der Waals surface area (Å²) in [6.07, 6.45) is 4.56. The Hall–Kier alpha value is -1.06. The topological polar surface area (TPSA) is 46.3 Å². The zero-order valence-corrected chi connectivity index (χ0v) is 13.0. The third-order valence-corrected chi connectivity index (χ3v) is 4.50. The molecule has 1 fully saturated rings. The van der Waals surface area contributed by atoms with Crippen molar-refractivity contribution in [1.82, 2.24) is 4.90 Å². The first kappa shape index (κ1) is 15.3. The molecule has 2 unspecified atom stereocenters. The number of aryl methyl sites for hydroxylation is 1. The average Bonchev–Trinajstić information content (AvgIpc) is 2.44. The number of hydrogen-bond donors (Lipinski definition) is 1. The lowest BCUT2D eigenvalue weighted by molar-refractivity contribution is 0.0620. The third kappa shape index (κ3) is 3.33. The van der Waals surface area contributed by atoms with Crippen molar-refractivity contribution in [3.63, 3.8) is 0 Å². The van der Waals surface area contributed by atoms with Gasteiger partial charge in [-0.2, -0.15) is 0 Å². The summed E-state index contributed by atoms with van der Waals surface area (Å²) in [5, 5.41) is 0.612. The summed E-state index contributed by atoms with van der Waals surface area (Å²) in [6.45, 7) is 2.60. The molecule has 0 spiro atoms. The zero-order chi connectivity index (χ0) is 14.7. The standard InChI is InChI=1S/C16H23ClN2O/c1-11-7-13(9-14(17)8-11)16(20)19(2)15-6-4-3-5-12(15)10-18/h7-9,12,15H,3-6,10,18H2,1-2H3. The molecule has 0 bridgehead atoms. The van der Waals surface area contributed by atoms with Gasteiger partial charge in [0.25, 0.3) is 5.91 Å². The fourth-order valence-electron chi connectivity index (χ4n) is 3.19. The van der Waals surface area contributed by atoms with Gasteiger partial charge in [-0.25, -0.2) is 0 Å². The predicted molar refractivity (Wildman–Crippen MR) is 83.1 cm³/mol. The van der Waals surface area contributed by atoms with Crippen molar-refractivity contribution < 1.29 is 4.79 Å². The number of nitrogens with zero attached hydrogens (tertiary/aromatic N) is 1. The minimum atomic E-state index is 0.0425. The summed E-state index contributed by atoms with van der Waals surface area (Å²) >= 11 is 6.05. The molecule has 0 aromatic heterocycles. The van der Waals surface area contributed by atoms with E-state index in [1.54, 1.807) is 6.07 Å². The fraction of sp³-hybridized carbons (Fsp3) is 0.562. The van der Waals surface area contributed by atoms with E-state index in [1.807, 2.05) is 31.0 Å². The minimum Gasteiger partial charge on any atom is -0.338 e. The highest BCUT2D eigenvalue weighted by Gasteiger charge is 2.30. The van der Waals surface area contributed by atoms with Crippen LogP contribution in [-0.4, -0.2) is 30.4 Å². The summed E-state index contributed by atoms with van der Waals surface area (Å²) in [5.74, 6) is 0.457. The van der Waals surface area contributed by atoms with Gasteiger partial charge in [0.2, 0.25) is 0 Å². The lowest BCUT2D eigenvalue weighted by Gasteiger charge is -2.37. The molecule has 2 atom stereocenters. The van der Waals surface area contributed by atoms with Gasteiger partial charge in [-0.15, -0.1) is 0 Å². The van der Waals surface area contributed by atoms with Gasteiger partial charge in [0.05, 0.1) is 0 Å². The monoisotopic (exact) mass is 294 g/mol. The fourth-order valence-corrected chi connectivity index (χ4v) is 3.48. The Morgan fingerprint density at radius 3 is 2.70 bits per heavy atom. The zero-order valence-electron chi connectivity index (χ0n) is 12.2. The highest BCUT2D eigenvalue weighted by atomic mass is 35.5. The summed E-state index contributed by atoms with van der Waals surface area (Å²) in [4.78, 5) is 14.5. The first-order valence-corrected chi connectivity index (χ1v) is 7.65. The second-order valence-corrected chi connectivity index (χ2v) is 6.22. The maximum Gasteiger partial charge on any atom is 0.253 e. The Kier molecular flexibility index (Phi) is 5.06. The number of carbonyl (C=O) groups is 1. The van der Waals surface area contributed by atoms with Gasteiger partial charge in [0, 0.05) is 23.7 Å². The molecule has 0 radical (unpaired) electrons. The van der Waals surface area contributed by atoms with Gasteiger partial charge in [-0.3, -0.25) is 4.79 Å². The van der Waals surface area contributed by atoms with Crippen LogP contribution < -0.4 is 5.73 Å². The summed E-state index contributed by atoms with van der Waals surface area (Å²) < 4.78 is 0. The average molecular weight is 295 g/mol. The molecule has 2 N–H and O–H groups in total. The van der Waals surface area contributed by atoms with E-state index in [9.17, 15) is 4.79 Å². The van der Waals surface area contributed by atoms with Crippen LogP contribution >= 0.6 is 11.6 Å². The molecule has 20 heavy (non-hydrogen) atoms. The first-order valence-electron chi connectivity index (χ1n) is 7.27. The lowest BCUT2D eigenvalue weighted by Crippen LogP contribution is -2.45. The van der Waals surface area contributed by atoms with E-state index in [1.165, 1.54) is 12.8 Å². The number of carbonyl (C=O) groups excluding carboxylic acids is 1. The van der Waals surface area contributed by atoms with Crippen LogP contribution in [0.4, 0.5) is 0 Å². The highest BCUT2D eigenvalue weighted by molar-refractivity contribution is 6.31. The van der Waals surface area contributed by atoms with Crippen LogP contribution in [0.3, 0.4) is 0 Å².